The zero-order valence-corrected chi connectivity index (χ0v) is 24.6. The predicted octanol–water partition coefficient (Wildman–Crippen LogP) is 1.19. The first-order chi connectivity index (χ1) is 20.8. The van der Waals surface area contributed by atoms with E-state index in [-0.39, 0.29) is 11.9 Å². The Morgan fingerprint density at radius 2 is 1.65 bits per heavy atom. The number of hydrogen-bond donors (Lipinski definition) is 3. The average molecular weight is 591 g/mol. The van der Waals surface area contributed by atoms with Crippen LogP contribution >= 0.6 is 0 Å². The fourth-order valence-corrected chi connectivity index (χ4v) is 5.20. The maximum absolute atomic E-state index is 12.3. The van der Waals surface area contributed by atoms with Crippen LogP contribution in [0.2, 0.25) is 0 Å². The van der Waals surface area contributed by atoms with Crippen molar-refractivity contribution in [3.63, 3.8) is 0 Å². The number of piperazine rings is 1. The fourth-order valence-electron chi connectivity index (χ4n) is 5.20. The summed E-state index contributed by atoms with van der Waals surface area (Å²) >= 11 is 0. The maximum Gasteiger partial charge on any atom is 0.413 e. The number of ether oxygens (including phenoxy) is 1. The van der Waals surface area contributed by atoms with Crippen LogP contribution in [-0.4, -0.2) is 120 Å². The third-order valence-corrected chi connectivity index (χ3v) is 7.66. The summed E-state index contributed by atoms with van der Waals surface area (Å²) in [6.45, 7) is 7.26. The minimum Gasteiger partial charge on any atom is -0.465 e. The maximum atomic E-state index is 12.3. The van der Waals surface area contributed by atoms with Crippen LogP contribution in [0.3, 0.4) is 0 Å². The Morgan fingerprint density at radius 3 is 2.28 bits per heavy atom. The van der Waals surface area contributed by atoms with E-state index in [1.807, 2.05) is 41.1 Å². The van der Waals surface area contributed by atoms with E-state index in [0.29, 0.717) is 62.3 Å². The summed E-state index contributed by atoms with van der Waals surface area (Å²) in [5, 5.41) is 12.5. The number of likely N-dealkylation sites (N-methyl/N-ethyl adjacent to an activating group) is 1. The van der Waals surface area contributed by atoms with Gasteiger partial charge in [0, 0.05) is 81.4 Å². The van der Waals surface area contributed by atoms with Crippen LogP contribution in [0.4, 0.5) is 22.5 Å². The number of carboxylic acid groups (broad SMARTS) is 1. The molecule has 14 heteroatoms. The number of anilines is 3. The van der Waals surface area contributed by atoms with Gasteiger partial charge in [0.1, 0.15) is 5.82 Å². The Labute approximate surface area is 250 Å². The first kappa shape index (κ1) is 30.1. The van der Waals surface area contributed by atoms with Crippen molar-refractivity contribution in [2.24, 2.45) is 0 Å². The van der Waals surface area contributed by atoms with Crippen LogP contribution in [0, 0.1) is 0 Å². The van der Waals surface area contributed by atoms with Gasteiger partial charge in [0.15, 0.2) is 0 Å². The lowest BCUT2D eigenvalue weighted by Gasteiger charge is -2.32. The van der Waals surface area contributed by atoms with E-state index < -0.39 is 6.09 Å². The quantitative estimate of drug-likeness (QED) is 0.389. The largest absolute Gasteiger partial charge is 0.465 e. The summed E-state index contributed by atoms with van der Waals surface area (Å²) in [5.74, 6) is 1.24. The van der Waals surface area contributed by atoms with Gasteiger partial charge in [0.25, 0.3) is 5.91 Å². The Balaban J connectivity index is 0.000000181. The highest BCUT2D eigenvalue weighted by Crippen LogP contribution is 2.35. The van der Waals surface area contributed by atoms with Gasteiger partial charge in [-0.15, -0.1) is 0 Å². The molecule has 0 unspecified atom stereocenters. The minimum atomic E-state index is -1.02. The molecule has 0 aliphatic carbocycles. The van der Waals surface area contributed by atoms with Crippen molar-refractivity contribution in [1.82, 2.24) is 35.1 Å². The normalized spacial score (nSPS) is 16.8. The Morgan fingerprint density at radius 1 is 0.977 bits per heavy atom. The average Bonchev–Trinajstić information content (AvgIpc) is 3.47. The predicted molar refractivity (Wildman–Crippen MR) is 162 cm³/mol. The van der Waals surface area contributed by atoms with Gasteiger partial charge < -0.3 is 35.6 Å². The highest BCUT2D eigenvalue weighted by molar-refractivity contribution is 5.94. The Kier molecular flexibility index (Phi) is 9.59. The molecule has 43 heavy (non-hydrogen) atoms. The summed E-state index contributed by atoms with van der Waals surface area (Å²) in [4.78, 5) is 48.5. The summed E-state index contributed by atoms with van der Waals surface area (Å²) in [6.07, 6.45) is 2.71. The first-order valence-electron chi connectivity index (χ1n) is 14.4. The Hall–Kier alpha value is -4.40. The monoisotopic (exact) mass is 590 g/mol. The number of nitrogens with one attached hydrogen (secondary N) is 1. The van der Waals surface area contributed by atoms with Crippen molar-refractivity contribution in [1.29, 1.82) is 0 Å². The topological polar surface area (TPSA) is 166 Å². The van der Waals surface area contributed by atoms with E-state index in [9.17, 15) is 14.7 Å². The zero-order valence-electron chi connectivity index (χ0n) is 24.6. The molecular weight excluding hydrogens is 552 g/mol. The highest BCUT2D eigenvalue weighted by atomic mass is 16.5. The van der Waals surface area contributed by atoms with Crippen LogP contribution in [0.25, 0.3) is 11.3 Å². The van der Waals surface area contributed by atoms with E-state index in [1.54, 1.807) is 12.4 Å². The van der Waals surface area contributed by atoms with Crippen molar-refractivity contribution in [2.75, 3.05) is 88.7 Å². The number of nitrogens with zero attached hydrogens (tertiary/aromatic N) is 8. The number of nitrogen functional groups attached to an aromatic ring is 1. The van der Waals surface area contributed by atoms with E-state index in [1.165, 1.54) is 10.5 Å². The number of aromatic nitrogens is 4. The van der Waals surface area contributed by atoms with Gasteiger partial charge >= 0.3 is 6.09 Å². The molecule has 0 saturated carbocycles. The lowest BCUT2D eigenvalue weighted by atomic mass is 10.1. The van der Waals surface area contributed by atoms with Gasteiger partial charge in [-0.05, 0) is 38.2 Å². The molecule has 2 fully saturated rings. The third-order valence-electron chi connectivity index (χ3n) is 7.66. The molecule has 5 heterocycles. The van der Waals surface area contributed by atoms with Crippen LogP contribution in [0.15, 0.2) is 36.7 Å². The molecule has 228 valence electrons. The second-order valence-corrected chi connectivity index (χ2v) is 10.6. The molecule has 0 radical (unpaired) electrons. The summed E-state index contributed by atoms with van der Waals surface area (Å²) < 4.78 is 5.37. The Bertz CT molecular complexity index is 1410. The molecule has 2 aromatic heterocycles. The molecular formula is C29H38N10O4. The molecule has 0 bridgehead atoms. The molecule has 4 N–H and O–H groups in total. The van der Waals surface area contributed by atoms with Gasteiger partial charge in [-0.2, -0.15) is 4.98 Å². The van der Waals surface area contributed by atoms with Gasteiger partial charge in [0.2, 0.25) is 11.9 Å². The van der Waals surface area contributed by atoms with E-state index in [0.717, 1.165) is 43.9 Å². The van der Waals surface area contributed by atoms with Gasteiger partial charge in [-0.3, -0.25) is 9.69 Å². The number of carbonyl (C=O) groups excluding carboxylic acids is 1. The second-order valence-electron chi connectivity index (χ2n) is 10.6. The first-order valence-corrected chi connectivity index (χ1v) is 14.4. The van der Waals surface area contributed by atoms with E-state index in [4.69, 9.17) is 10.5 Å². The lowest BCUT2D eigenvalue weighted by molar-refractivity contribution is 0.0664. The van der Waals surface area contributed by atoms with Crippen LogP contribution in [0.1, 0.15) is 21.5 Å². The molecule has 6 rings (SSSR count). The number of amides is 2. The summed E-state index contributed by atoms with van der Waals surface area (Å²) in [7, 11) is 4.01. The van der Waals surface area contributed by atoms with Crippen molar-refractivity contribution >= 4 is 29.7 Å². The number of morpholine rings is 1. The van der Waals surface area contributed by atoms with Crippen molar-refractivity contribution in [2.45, 2.75) is 13.0 Å². The molecule has 2 saturated heterocycles. The van der Waals surface area contributed by atoms with Gasteiger partial charge in [-0.25, -0.2) is 19.7 Å². The fraction of sp³-hybridized carbons (Fsp3) is 0.448. The van der Waals surface area contributed by atoms with Crippen LogP contribution in [-0.2, 0) is 17.7 Å². The van der Waals surface area contributed by atoms with Crippen LogP contribution in [0.5, 0.6) is 0 Å². The number of nitrogens with two attached hydrogens (primary N) is 1. The third kappa shape index (κ3) is 7.16. The molecule has 3 aromatic rings. The molecule has 2 amide bonds. The molecule has 14 nitrogen and oxygen atoms in total. The van der Waals surface area contributed by atoms with Crippen molar-refractivity contribution < 1.29 is 19.4 Å². The summed E-state index contributed by atoms with van der Waals surface area (Å²) in [5.41, 5.74) is 9.68. The van der Waals surface area contributed by atoms with Crippen LogP contribution < -0.4 is 20.9 Å². The molecule has 0 spiro atoms. The summed E-state index contributed by atoms with van der Waals surface area (Å²) in [6, 6.07) is 7.88. The molecule has 3 aliphatic rings. The lowest BCUT2D eigenvalue weighted by Crippen LogP contribution is -2.47. The molecule has 3 aliphatic heterocycles. The standard InChI is InChI=1S/C15H17N7O3.C14H21N3O/c16-13-17-7-9(8-18-13)11-10-1-2-22(15(23)24)12(10)20-14(19-11)21-3-5-25-6-4-21;1-15-11-12-3-5-13(6-4-12)14(18)17-9-7-16(2)8-10-17/h7-8H,1-6H2,(H,23,24)(H2,16,17,18);3-6,15H,7-11H2,1-2H3. The van der Waals surface area contributed by atoms with E-state index >= 15 is 0 Å². The number of carbonyl (C=O) groups is 2. The minimum absolute atomic E-state index is 0.152. The van der Waals surface area contributed by atoms with Gasteiger partial charge in [0.05, 0.1) is 18.9 Å². The zero-order chi connectivity index (χ0) is 30.3. The number of hydrogen-bond acceptors (Lipinski definition) is 11. The smallest absolute Gasteiger partial charge is 0.413 e. The number of benzene rings is 1. The van der Waals surface area contributed by atoms with E-state index in [2.05, 4.69) is 37.2 Å². The van der Waals surface area contributed by atoms with Crippen molar-refractivity contribution in [3.8, 4) is 11.3 Å². The highest BCUT2D eigenvalue weighted by Gasteiger charge is 2.31. The van der Waals surface area contributed by atoms with Crippen molar-refractivity contribution in [3.05, 3.63) is 53.3 Å². The molecule has 0 atom stereocenters. The molecule has 1 aromatic carbocycles. The number of rotatable bonds is 5. The van der Waals surface area contributed by atoms with Gasteiger partial charge in [-0.1, -0.05) is 12.1 Å². The second kappa shape index (κ2) is 13.7. The number of fused-ring (bicyclic) bond motifs is 1. The SMILES string of the molecule is CNCc1ccc(C(=O)N2CCN(C)CC2)cc1.Nc1ncc(-c2nc(N3CCOCC3)nc3c2CCN3C(=O)O)cn1.